The number of likely N-dealkylation sites (N-methyl/N-ethyl adjacent to an activating group) is 1. The Bertz CT molecular complexity index is 586. The van der Waals surface area contributed by atoms with Gasteiger partial charge in [-0.25, -0.2) is 4.79 Å². The fourth-order valence-corrected chi connectivity index (χ4v) is 2.22. The highest BCUT2D eigenvalue weighted by atomic mass is 16.4. The highest BCUT2D eigenvalue weighted by molar-refractivity contribution is 5.92. The number of anilines is 1. The van der Waals surface area contributed by atoms with Gasteiger partial charge in [-0.2, -0.15) is 0 Å². The maximum Gasteiger partial charge on any atom is 0.341 e. The smallest absolute Gasteiger partial charge is 0.341 e. The fraction of sp³-hybridized carbons (Fsp3) is 0.250. The Morgan fingerprint density at radius 1 is 1.33 bits per heavy atom. The molecule has 76 valence electrons. The molecular formula is C12H11NO2. The number of nitrogens with zero attached hydrogens (tertiary/aromatic N) is 1. The van der Waals surface area contributed by atoms with Gasteiger partial charge in [0.1, 0.15) is 5.58 Å². The summed E-state index contributed by atoms with van der Waals surface area (Å²) in [6.45, 7) is 0.897. The van der Waals surface area contributed by atoms with Gasteiger partial charge >= 0.3 is 5.63 Å². The van der Waals surface area contributed by atoms with Crippen molar-refractivity contribution in [2.45, 2.75) is 6.42 Å². The quantitative estimate of drug-likeness (QED) is 0.609. The van der Waals surface area contributed by atoms with Gasteiger partial charge in [0, 0.05) is 19.0 Å². The maximum atomic E-state index is 11.7. The average Bonchev–Trinajstić information content (AvgIpc) is 2.62. The average molecular weight is 201 g/mol. The number of hydrogen-bond donors (Lipinski definition) is 0. The second kappa shape index (κ2) is 2.86. The molecule has 0 spiro atoms. The van der Waals surface area contributed by atoms with E-state index in [1.54, 1.807) is 0 Å². The van der Waals surface area contributed by atoms with Crippen molar-refractivity contribution < 1.29 is 4.42 Å². The van der Waals surface area contributed by atoms with E-state index in [2.05, 4.69) is 4.90 Å². The van der Waals surface area contributed by atoms with E-state index in [0.29, 0.717) is 5.58 Å². The van der Waals surface area contributed by atoms with E-state index in [0.717, 1.165) is 29.6 Å². The predicted molar refractivity (Wildman–Crippen MR) is 59.5 cm³/mol. The first-order valence-corrected chi connectivity index (χ1v) is 5.03. The molecule has 0 atom stereocenters. The van der Waals surface area contributed by atoms with Crippen molar-refractivity contribution in [1.82, 2.24) is 0 Å². The summed E-state index contributed by atoms with van der Waals surface area (Å²) in [5, 5.41) is 1.03. The highest BCUT2D eigenvalue weighted by Crippen LogP contribution is 2.31. The van der Waals surface area contributed by atoms with Crippen LogP contribution in [-0.4, -0.2) is 13.6 Å². The number of hydrogen-bond acceptors (Lipinski definition) is 3. The minimum Gasteiger partial charge on any atom is -0.422 e. The molecule has 0 unspecified atom stereocenters. The molecule has 0 fully saturated rings. The van der Waals surface area contributed by atoms with Gasteiger partial charge in [-0.1, -0.05) is 12.1 Å². The molecule has 1 aliphatic heterocycles. The van der Waals surface area contributed by atoms with Gasteiger partial charge in [-0.05, 0) is 18.6 Å². The van der Waals surface area contributed by atoms with Crippen LogP contribution in [0.15, 0.2) is 33.5 Å². The van der Waals surface area contributed by atoms with Crippen molar-refractivity contribution in [3.05, 3.63) is 40.2 Å². The summed E-state index contributed by atoms with van der Waals surface area (Å²) >= 11 is 0. The zero-order valence-electron chi connectivity index (χ0n) is 8.49. The van der Waals surface area contributed by atoms with Gasteiger partial charge in [0.2, 0.25) is 0 Å². The largest absolute Gasteiger partial charge is 0.422 e. The minimum absolute atomic E-state index is 0.187. The van der Waals surface area contributed by atoms with E-state index >= 15 is 0 Å². The van der Waals surface area contributed by atoms with E-state index in [4.69, 9.17) is 4.42 Å². The van der Waals surface area contributed by atoms with Crippen molar-refractivity contribution in [2.75, 3.05) is 18.5 Å². The summed E-state index contributed by atoms with van der Waals surface area (Å²) < 4.78 is 5.27. The summed E-state index contributed by atoms with van der Waals surface area (Å²) in [6, 6.07) is 7.68. The Hall–Kier alpha value is -1.77. The molecule has 0 radical (unpaired) electrons. The van der Waals surface area contributed by atoms with Crippen LogP contribution < -0.4 is 10.5 Å². The lowest BCUT2D eigenvalue weighted by molar-refractivity contribution is 0.554. The molecule has 3 rings (SSSR count). The van der Waals surface area contributed by atoms with E-state index < -0.39 is 0 Å². The van der Waals surface area contributed by atoms with E-state index in [1.807, 2.05) is 31.3 Å². The number of fused-ring (bicyclic) bond motifs is 3. The summed E-state index contributed by atoms with van der Waals surface area (Å²) in [7, 11) is 2.01. The molecule has 15 heavy (non-hydrogen) atoms. The SMILES string of the molecule is CN1CCc2c1c1ccccc1oc2=O. The van der Waals surface area contributed by atoms with Gasteiger partial charge in [0.15, 0.2) is 0 Å². The van der Waals surface area contributed by atoms with Crippen LogP contribution in [0.3, 0.4) is 0 Å². The molecule has 2 heterocycles. The lowest BCUT2D eigenvalue weighted by Crippen LogP contribution is -2.13. The van der Waals surface area contributed by atoms with Gasteiger partial charge in [0.05, 0.1) is 11.3 Å². The third-order valence-electron chi connectivity index (χ3n) is 2.96. The van der Waals surface area contributed by atoms with Crippen molar-refractivity contribution in [1.29, 1.82) is 0 Å². The molecule has 2 aromatic rings. The first-order chi connectivity index (χ1) is 7.27. The molecule has 3 nitrogen and oxygen atoms in total. The van der Waals surface area contributed by atoms with Crippen LogP contribution in [0.4, 0.5) is 5.69 Å². The Kier molecular flexibility index (Phi) is 1.63. The third kappa shape index (κ3) is 1.09. The van der Waals surface area contributed by atoms with Crippen molar-refractivity contribution >= 4 is 16.7 Å². The number of rotatable bonds is 0. The molecule has 0 saturated carbocycles. The van der Waals surface area contributed by atoms with Crippen LogP contribution in [-0.2, 0) is 6.42 Å². The number of benzene rings is 1. The first-order valence-electron chi connectivity index (χ1n) is 5.03. The van der Waals surface area contributed by atoms with Gasteiger partial charge in [-0.15, -0.1) is 0 Å². The Morgan fingerprint density at radius 2 is 2.13 bits per heavy atom. The molecule has 0 aliphatic carbocycles. The van der Waals surface area contributed by atoms with Crippen molar-refractivity contribution in [3.63, 3.8) is 0 Å². The molecule has 0 amide bonds. The fourth-order valence-electron chi connectivity index (χ4n) is 2.22. The molecule has 0 bridgehead atoms. The zero-order valence-corrected chi connectivity index (χ0v) is 8.49. The molecule has 0 saturated heterocycles. The van der Waals surface area contributed by atoms with Crippen molar-refractivity contribution in [2.24, 2.45) is 0 Å². The summed E-state index contributed by atoms with van der Waals surface area (Å²) in [5.74, 6) is 0. The Balaban J connectivity index is 2.51. The predicted octanol–water partition coefficient (Wildman–Crippen LogP) is 1.79. The normalized spacial score (nSPS) is 14.6. The summed E-state index contributed by atoms with van der Waals surface area (Å²) in [6.07, 6.45) is 0.791. The Morgan fingerprint density at radius 3 is 3.00 bits per heavy atom. The monoisotopic (exact) mass is 201 g/mol. The molecule has 3 heteroatoms. The second-order valence-corrected chi connectivity index (χ2v) is 3.88. The topological polar surface area (TPSA) is 33.5 Å². The third-order valence-corrected chi connectivity index (χ3v) is 2.96. The Labute approximate surface area is 86.9 Å². The van der Waals surface area contributed by atoms with Crippen LogP contribution in [0, 0.1) is 0 Å². The van der Waals surface area contributed by atoms with Gasteiger partial charge in [0.25, 0.3) is 0 Å². The number of para-hydroxylation sites is 1. The van der Waals surface area contributed by atoms with E-state index in [1.165, 1.54) is 0 Å². The van der Waals surface area contributed by atoms with Crippen LogP contribution >= 0.6 is 0 Å². The van der Waals surface area contributed by atoms with Crippen LogP contribution in [0.2, 0.25) is 0 Å². The molecule has 0 N–H and O–H groups in total. The van der Waals surface area contributed by atoms with E-state index in [9.17, 15) is 4.79 Å². The van der Waals surface area contributed by atoms with Crippen LogP contribution in [0.5, 0.6) is 0 Å². The molecule has 1 aromatic heterocycles. The first kappa shape index (κ1) is 8.53. The van der Waals surface area contributed by atoms with Crippen LogP contribution in [0.25, 0.3) is 11.0 Å². The van der Waals surface area contributed by atoms with E-state index in [-0.39, 0.29) is 5.63 Å². The van der Waals surface area contributed by atoms with Crippen molar-refractivity contribution in [3.8, 4) is 0 Å². The zero-order chi connectivity index (χ0) is 10.4. The lowest BCUT2D eigenvalue weighted by Gasteiger charge is -2.13. The molecule has 1 aliphatic rings. The maximum absolute atomic E-state index is 11.7. The van der Waals surface area contributed by atoms with Crippen LogP contribution in [0.1, 0.15) is 5.56 Å². The summed E-state index contributed by atoms with van der Waals surface area (Å²) in [4.78, 5) is 13.8. The highest BCUT2D eigenvalue weighted by Gasteiger charge is 2.22. The van der Waals surface area contributed by atoms with Gasteiger partial charge in [-0.3, -0.25) is 0 Å². The van der Waals surface area contributed by atoms with Gasteiger partial charge < -0.3 is 9.32 Å². The summed E-state index contributed by atoms with van der Waals surface area (Å²) in [5.41, 5.74) is 2.35. The minimum atomic E-state index is -0.187. The molecular weight excluding hydrogens is 190 g/mol. The molecule has 1 aromatic carbocycles. The lowest BCUT2D eigenvalue weighted by atomic mass is 10.1. The standard InChI is InChI=1S/C12H11NO2/c1-13-7-6-9-11(13)8-4-2-3-5-10(8)15-12(9)14/h2-5H,6-7H2,1H3. The second-order valence-electron chi connectivity index (χ2n) is 3.88.